The van der Waals surface area contributed by atoms with Crippen molar-refractivity contribution in [3.63, 3.8) is 0 Å². The zero-order valence-corrected chi connectivity index (χ0v) is 10.9. The van der Waals surface area contributed by atoms with Crippen LogP contribution in [0.5, 0.6) is 0 Å². The predicted molar refractivity (Wildman–Crippen MR) is 75.3 cm³/mol. The third-order valence-corrected chi connectivity index (χ3v) is 3.36. The number of halogens is 1. The molecule has 2 N–H and O–H groups in total. The van der Waals surface area contributed by atoms with Gasteiger partial charge in [0.15, 0.2) is 0 Å². The van der Waals surface area contributed by atoms with Gasteiger partial charge in [0, 0.05) is 24.6 Å². The second kappa shape index (κ2) is 4.90. The van der Waals surface area contributed by atoms with Gasteiger partial charge in [0.05, 0.1) is 17.1 Å². The summed E-state index contributed by atoms with van der Waals surface area (Å²) in [6.45, 7) is 0.669. The van der Waals surface area contributed by atoms with Crippen LogP contribution in [0.1, 0.15) is 11.1 Å². The van der Waals surface area contributed by atoms with E-state index in [9.17, 15) is 4.79 Å². The number of nitrogens with one attached hydrogen (secondary N) is 2. The first-order chi connectivity index (χ1) is 9.22. The van der Waals surface area contributed by atoms with Crippen LogP contribution < -0.4 is 10.6 Å². The Kier molecular flexibility index (Phi) is 3.09. The van der Waals surface area contributed by atoms with Crippen molar-refractivity contribution in [1.29, 1.82) is 0 Å². The molecule has 0 unspecified atom stereocenters. The molecule has 96 valence electrons. The Balaban J connectivity index is 1.79. The second-order valence-electron chi connectivity index (χ2n) is 4.42. The van der Waals surface area contributed by atoms with E-state index >= 15 is 0 Å². The summed E-state index contributed by atoms with van der Waals surface area (Å²) in [4.78, 5) is 15.3. The number of carbonyl (C=O) groups is 1. The van der Waals surface area contributed by atoms with Gasteiger partial charge in [0.1, 0.15) is 0 Å². The number of hydrogen-bond acceptors (Lipinski definition) is 3. The molecule has 5 heteroatoms. The Morgan fingerprint density at radius 3 is 2.89 bits per heavy atom. The molecule has 0 saturated carbocycles. The fourth-order valence-electron chi connectivity index (χ4n) is 2.08. The fourth-order valence-corrected chi connectivity index (χ4v) is 2.31. The summed E-state index contributed by atoms with van der Waals surface area (Å²) >= 11 is 6.20. The molecule has 1 aromatic carbocycles. The van der Waals surface area contributed by atoms with E-state index in [0.29, 0.717) is 18.0 Å². The van der Waals surface area contributed by atoms with Gasteiger partial charge < -0.3 is 10.6 Å². The van der Waals surface area contributed by atoms with Gasteiger partial charge in [-0.3, -0.25) is 9.78 Å². The topological polar surface area (TPSA) is 54.0 Å². The van der Waals surface area contributed by atoms with Crippen molar-refractivity contribution >= 4 is 28.9 Å². The van der Waals surface area contributed by atoms with E-state index in [2.05, 4.69) is 15.6 Å². The number of aromatic nitrogens is 1. The molecule has 0 aliphatic carbocycles. The van der Waals surface area contributed by atoms with Crippen molar-refractivity contribution in [3.8, 4) is 0 Å². The average molecular weight is 274 g/mol. The number of benzene rings is 1. The van der Waals surface area contributed by atoms with E-state index in [4.69, 9.17) is 11.6 Å². The largest absolute Gasteiger partial charge is 0.380 e. The number of anilines is 2. The lowest BCUT2D eigenvalue weighted by molar-refractivity contribution is -0.115. The molecule has 0 fully saturated rings. The smallest absolute Gasteiger partial charge is 0.228 e. The number of rotatable bonds is 3. The van der Waals surface area contributed by atoms with Gasteiger partial charge in [-0.1, -0.05) is 11.6 Å². The lowest BCUT2D eigenvalue weighted by atomic mass is 10.1. The molecule has 4 nitrogen and oxygen atoms in total. The van der Waals surface area contributed by atoms with Gasteiger partial charge in [-0.05, 0) is 35.4 Å². The minimum atomic E-state index is 0.0114. The van der Waals surface area contributed by atoms with Gasteiger partial charge in [0.2, 0.25) is 5.91 Å². The van der Waals surface area contributed by atoms with E-state index in [1.54, 1.807) is 18.5 Å². The zero-order chi connectivity index (χ0) is 13.2. The molecule has 0 radical (unpaired) electrons. The number of amides is 1. The Labute approximate surface area is 115 Å². The summed E-state index contributed by atoms with van der Waals surface area (Å²) in [7, 11) is 0. The van der Waals surface area contributed by atoms with Crippen LogP contribution in [-0.4, -0.2) is 10.9 Å². The van der Waals surface area contributed by atoms with Crippen LogP contribution in [0.25, 0.3) is 0 Å². The van der Waals surface area contributed by atoms with E-state index in [0.717, 1.165) is 22.5 Å². The number of pyridine rings is 1. The monoisotopic (exact) mass is 273 g/mol. The summed E-state index contributed by atoms with van der Waals surface area (Å²) < 4.78 is 0. The van der Waals surface area contributed by atoms with Crippen molar-refractivity contribution in [2.75, 3.05) is 10.6 Å². The number of hydrogen-bond donors (Lipinski definition) is 2. The normalized spacial score (nSPS) is 13.0. The molecule has 0 bridgehead atoms. The van der Waals surface area contributed by atoms with Crippen molar-refractivity contribution in [3.05, 3.63) is 52.8 Å². The van der Waals surface area contributed by atoms with E-state index < -0.39 is 0 Å². The average Bonchev–Trinajstić information content (AvgIpc) is 2.76. The van der Waals surface area contributed by atoms with Gasteiger partial charge in [0.25, 0.3) is 0 Å². The number of nitrogens with zero attached hydrogens (tertiary/aromatic N) is 1. The Morgan fingerprint density at radius 2 is 2.11 bits per heavy atom. The molecule has 19 heavy (non-hydrogen) atoms. The molecule has 2 aromatic rings. The van der Waals surface area contributed by atoms with Crippen LogP contribution in [0.2, 0.25) is 5.02 Å². The Morgan fingerprint density at radius 1 is 1.32 bits per heavy atom. The molecule has 2 heterocycles. The van der Waals surface area contributed by atoms with Crippen molar-refractivity contribution in [2.24, 2.45) is 0 Å². The van der Waals surface area contributed by atoms with E-state index in [1.807, 2.05) is 18.2 Å². The summed E-state index contributed by atoms with van der Waals surface area (Å²) in [6, 6.07) is 7.60. The van der Waals surface area contributed by atoms with Gasteiger partial charge in [-0.2, -0.15) is 0 Å². The van der Waals surface area contributed by atoms with Crippen LogP contribution >= 0.6 is 11.6 Å². The molecule has 0 saturated heterocycles. The third-order valence-electron chi connectivity index (χ3n) is 3.05. The van der Waals surface area contributed by atoms with Crippen molar-refractivity contribution < 1.29 is 4.79 Å². The first-order valence-corrected chi connectivity index (χ1v) is 6.35. The van der Waals surface area contributed by atoms with E-state index in [-0.39, 0.29) is 5.91 Å². The highest BCUT2D eigenvalue weighted by Crippen LogP contribution is 2.32. The summed E-state index contributed by atoms with van der Waals surface area (Å²) in [5.74, 6) is 0.0114. The predicted octanol–water partition coefficient (Wildman–Crippen LogP) is 2.84. The second-order valence-corrected chi connectivity index (χ2v) is 4.83. The molecule has 1 aliphatic heterocycles. The SMILES string of the molecule is O=C1Cc2cc(NCc3ccncc3)c(Cl)cc2N1. The fraction of sp³-hybridized carbons (Fsp3) is 0.143. The molecular formula is C14H12ClN3O. The van der Waals surface area contributed by atoms with Crippen molar-refractivity contribution in [1.82, 2.24) is 4.98 Å². The van der Waals surface area contributed by atoms with Crippen LogP contribution in [0.3, 0.4) is 0 Å². The molecule has 1 aromatic heterocycles. The maximum Gasteiger partial charge on any atom is 0.228 e. The van der Waals surface area contributed by atoms with E-state index in [1.165, 1.54) is 0 Å². The highest BCUT2D eigenvalue weighted by molar-refractivity contribution is 6.33. The summed E-state index contributed by atoms with van der Waals surface area (Å²) in [5.41, 5.74) is 3.76. The molecule has 1 aliphatic rings. The summed E-state index contributed by atoms with van der Waals surface area (Å²) in [6.07, 6.45) is 3.92. The molecule has 3 rings (SSSR count). The molecule has 0 atom stereocenters. The van der Waals surface area contributed by atoms with Crippen LogP contribution in [0, 0.1) is 0 Å². The lowest BCUT2D eigenvalue weighted by Crippen LogP contribution is -2.03. The van der Waals surface area contributed by atoms with Gasteiger partial charge >= 0.3 is 0 Å². The minimum Gasteiger partial charge on any atom is -0.380 e. The summed E-state index contributed by atoms with van der Waals surface area (Å²) in [5, 5.41) is 6.66. The Hall–Kier alpha value is -2.07. The van der Waals surface area contributed by atoms with Crippen molar-refractivity contribution in [2.45, 2.75) is 13.0 Å². The molecular weight excluding hydrogens is 262 g/mol. The lowest BCUT2D eigenvalue weighted by Gasteiger charge is -2.10. The van der Waals surface area contributed by atoms with Gasteiger partial charge in [-0.25, -0.2) is 0 Å². The first kappa shape index (κ1) is 12.0. The quantitative estimate of drug-likeness (QED) is 0.904. The maximum atomic E-state index is 11.3. The third kappa shape index (κ3) is 2.53. The van der Waals surface area contributed by atoms with Crippen LogP contribution in [-0.2, 0) is 17.8 Å². The standard InChI is InChI=1S/C14H12ClN3O/c15-11-7-12-10(6-14(19)18-12)5-13(11)17-8-9-1-3-16-4-2-9/h1-5,7,17H,6,8H2,(H,18,19). The molecule has 0 spiro atoms. The number of carbonyl (C=O) groups excluding carboxylic acids is 1. The van der Waals surface area contributed by atoms with Gasteiger partial charge in [-0.15, -0.1) is 0 Å². The van der Waals surface area contributed by atoms with Crippen LogP contribution in [0.15, 0.2) is 36.7 Å². The highest BCUT2D eigenvalue weighted by Gasteiger charge is 2.19. The highest BCUT2D eigenvalue weighted by atomic mass is 35.5. The number of fused-ring (bicyclic) bond motifs is 1. The van der Waals surface area contributed by atoms with Crippen LogP contribution in [0.4, 0.5) is 11.4 Å². The molecule has 1 amide bonds. The Bertz CT molecular complexity index is 628. The maximum absolute atomic E-state index is 11.3. The zero-order valence-electron chi connectivity index (χ0n) is 10.1. The first-order valence-electron chi connectivity index (χ1n) is 5.97. The minimum absolute atomic E-state index is 0.0114.